The average molecular weight is 190 g/mol. The molecule has 0 spiro atoms. The lowest BCUT2D eigenvalue weighted by molar-refractivity contribution is -0.153. The Labute approximate surface area is 76.0 Å². The van der Waals surface area contributed by atoms with Gasteiger partial charge in [-0.15, -0.1) is 0 Å². The van der Waals surface area contributed by atoms with Gasteiger partial charge in [-0.25, -0.2) is 0 Å². The van der Waals surface area contributed by atoms with Crippen molar-refractivity contribution < 1.29 is 24.9 Å². The van der Waals surface area contributed by atoms with Crippen LogP contribution < -0.4 is 0 Å². The molecule has 0 amide bonds. The second kappa shape index (κ2) is 5.06. The second-order valence-corrected chi connectivity index (χ2v) is 2.89. The Balaban J connectivity index is 4.51. The van der Waals surface area contributed by atoms with Crippen LogP contribution in [0.2, 0.25) is 0 Å². The first-order valence-corrected chi connectivity index (χ1v) is 3.97. The fraction of sp³-hybridized carbons (Fsp3) is 0.750. The van der Waals surface area contributed by atoms with Crippen molar-refractivity contribution in [1.82, 2.24) is 0 Å². The summed E-state index contributed by atoms with van der Waals surface area (Å²) in [6, 6.07) is 0. The lowest BCUT2D eigenvalue weighted by Crippen LogP contribution is -2.49. The second-order valence-electron chi connectivity index (χ2n) is 2.89. The number of carbonyl (C=O) groups is 2. The SMILES string of the molecule is C[C@H](O)[C@@](O)(CCC=O)C(=O)CO. The summed E-state index contributed by atoms with van der Waals surface area (Å²) in [5.74, 6) is -0.871. The molecule has 0 aliphatic heterocycles. The van der Waals surface area contributed by atoms with E-state index in [2.05, 4.69) is 0 Å². The zero-order valence-corrected chi connectivity index (χ0v) is 7.43. The predicted octanol–water partition coefficient (Wildman–Crippen LogP) is -1.36. The van der Waals surface area contributed by atoms with Gasteiger partial charge in [-0.1, -0.05) is 0 Å². The van der Waals surface area contributed by atoms with Gasteiger partial charge in [0.2, 0.25) is 0 Å². The number of hydrogen-bond donors (Lipinski definition) is 3. The summed E-state index contributed by atoms with van der Waals surface area (Å²) in [5.41, 5.74) is -2.00. The maximum Gasteiger partial charge on any atom is 0.192 e. The molecule has 0 heterocycles. The molecular weight excluding hydrogens is 176 g/mol. The molecule has 0 saturated heterocycles. The van der Waals surface area contributed by atoms with Crippen LogP contribution in [0.3, 0.4) is 0 Å². The van der Waals surface area contributed by atoms with E-state index in [1.807, 2.05) is 0 Å². The Bertz CT molecular complexity index is 189. The molecule has 0 aromatic carbocycles. The maximum atomic E-state index is 11.0. The smallest absolute Gasteiger partial charge is 0.192 e. The number of ketones is 1. The van der Waals surface area contributed by atoms with Gasteiger partial charge in [0.25, 0.3) is 0 Å². The third-order valence-corrected chi connectivity index (χ3v) is 1.96. The van der Waals surface area contributed by atoms with Crippen LogP contribution in [0.5, 0.6) is 0 Å². The summed E-state index contributed by atoms with van der Waals surface area (Å²) in [6.07, 6.45) is -0.967. The first-order valence-electron chi connectivity index (χ1n) is 3.97. The zero-order valence-electron chi connectivity index (χ0n) is 7.43. The fourth-order valence-electron chi connectivity index (χ4n) is 0.997. The zero-order chi connectivity index (χ0) is 10.5. The molecule has 76 valence electrons. The molecular formula is C8H14O5. The van der Waals surface area contributed by atoms with Crippen molar-refractivity contribution in [1.29, 1.82) is 0 Å². The summed E-state index contributed by atoms with van der Waals surface area (Å²) in [6.45, 7) is 0.388. The molecule has 5 nitrogen and oxygen atoms in total. The lowest BCUT2D eigenvalue weighted by atomic mass is 9.88. The molecule has 2 atom stereocenters. The van der Waals surface area contributed by atoms with Gasteiger partial charge in [-0.05, 0) is 13.3 Å². The molecule has 0 unspecified atom stereocenters. The minimum absolute atomic E-state index is 0.0346. The summed E-state index contributed by atoms with van der Waals surface area (Å²) < 4.78 is 0. The van der Waals surface area contributed by atoms with Crippen LogP contribution in [0.4, 0.5) is 0 Å². The highest BCUT2D eigenvalue weighted by Crippen LogP contribution is 2.18. The first-order chi connectivity index (χ1) is 5.99. The topological polar surface area (TPSA) is 94.8 Å². The fourth-order valence-corrected chi connectivity index (χ4v) is 0.997. The van der Waals surface area contributed by atoms with E-state index >= 15 is 0 Å². The number of aliphatic hydroxyl groups excluding tert-OH is 2. The third-order valence-electron chi connectivity index (χ3n) is 1.96. The van der Waals surface area contributed by atoms with Gasteiger partial charge in [0.05, 0.1) is 6.10 Å². The molecule has 0 aliphatic rings. The van der Waals surface area contributed by atoms with Gasteiger partial charge in [-0.2, -0.15) is 0 Å². The summed E-state index contributed by atoms with van der Waals surface area (Å²) >= 11 is 0. The Kier molecular flexibility index (Phi) is 4.76. The molecule has 0 rings (SSSR count). The van der Waals surface area contributed by atoms with Crippen LogP contribution in [0.25, 0.3) is 0 Å². The maximum absolute atomic E-state index is 11.0. The number of rotatable bonds is 6. The van der Waals surface area contributed by atoms with E-state index in [9.17, 15) is 14.7 Å². The van der Waals surface area contributed by atoms with Crippen LogP contribution in [0.1, 0.15) is 19.8 Å². The molecule has 0 aliphatic carbocycles. The lowest BCUT2D eigenvalue weighted by Gasteiger charge is -2.27. The minimum Gasteiger partial charge on any atom is -0.390 e. The van der Waals surface area contributed by atoms with E-state index in [1.54, 1.807) is 0 Å². The van der Waals surface area contributed by atoms with Crippen LogP contribution >= 0.6 is 0 Å². The third kappa shape index (κ3) is 2.87. The number of Topliss-reactive ketones (excluding diaryl/α,β-unsaturated/α-hetero) is 1. The van der Waals surface area contributed by atoms with Crippen LogP contribution in [0.15, 0.2) is 0 Å². The van der Waals surface area contributed by atoms with Gasteiger partial charge < -0.3 is 20.1 Å². The van der Waals surface area contributed by atoms with Crippen molar-refractivity contribution in [3.05, 3.63) is 0 Å². The first kappa shape index (κ1) is 12.2. The number of aliphatic hydroxyl groups is 3. The van der Waals surface area contributed by atoms with Crippen molar-refractivity contribution in [3.8, 4) is 0 Å². The predicted molar refractivity (Wildman–Crippen MR) is 44.0 cm³/mol. The van der Waals surface area contributed by atoms with E-state index in [-0.39, 0.29) is 12.8 Å². The van der Waals surface area contributed by atoms with Crippen molar-refractivity contribution in [2.75, 3.05) is 6.61 Å². The summed E-state index contributed by atoms with van der Waals surface area (Å²) in [4.78, 5) is 21.0. The highest BCUT2D eigenvalue weighted by atomic mass is 16.4. The van der Waals surface area contributed by atoms with Gasteiger partial charge >= 0.3 is 0 Å². The highest BCUT2D eigenvalue weighted by molar-refractivity contribution is 5.88. The van der Waals surface area contributed by atoms with Crippen molar-refractivity contribution in [2.24, 2.45) is 0 Å². The molecule has 0 aromatic rings. The van der Waals surface area contributed by atoms with Crippen molar-refractivity contribution >= 4 is 12.1 Å². The van der Waals surface area contributed by atoms with E-state index in [0.717, 1.165) is 0 Å². The van der Waals surface area contributed by atoms with Crippen LogP contribution in [0, 0.1) is 0 Å². The van der Waals surface area contributed by atoms with Gasteiger partial charge in [0, 0.05) is 6.42 Å². The molecule has 0 aromatic heterocycles. The average Bonchev–Trinajstić information content (AvgIpc) is 2.12. The van der Waals surface area contributed by atoms with Crippen molar-refractivity contribution in [3.63, 3.8) is 0 Å². The molecule has 0 radical (unpaired) electrons. The number of hydrogen-bond acceptors (Lipinski definition) is 5. The Hall–Kier alpha value is -0.780. The van der Waals surface area contributed by atoms with E-state index in [0.29, 0.717) is 6.29 Å². The number of aldehydes is 1. The monoisotopic (exact) mass is 190 g/mol. The van der Waals surface area contributed by atoms with E-state index in [1.165, 1.54) is 6.92 Å². The number of carbonyl (C=O) groups excluding carboxylic acids is 2. The van der Waals surface area contributed by atoms with Gasteiger partial charge in [0.15, 0.2) is 11.4 Å². The molecule has 13 heavy (non-hydrogen) atoms. The van der Waals surface area contributed by atoms with Gasteiger partial charge in [-0.3, -0.25) is 4.79 Å². The normalized spacial score (nSPS) is 17.5. The Morgan fingerprint density at radius 1 is 1.62 bits per heavy atom. The highest BCUT2D eigenvalue weighted by Gasteiger charge is 2.39. The van der Waals surface area contributed by atoms with Crippen LogP contribution in [-0.2, 0) is 9.59 Å². The van der Waals surface area contributed by atoms with Crippen molar-refractivity contribution in [2.45, 2.75) is 31.5 Å². The molecule has 5 heteroatoms. The molecule has 3 N–H and O–H groups in total. The largest absolute Gasteiger partial charge is 0.390 e. The minimum atomic E-state index is -2.00. The quantitative estimate of drug-likeness (QED) is 0.449. The Morgan fingerprint density at radius 3 is 2.46 bits per heavy atom. The van der Waals surface area contributed by atoms with E-state index < -0.39 is 24.1 Å². The van der Waals surface area contributed by atoms with Gasteiger partial charge in [0.1, 0.15) is 12.9 Å². The molecule has 0 saturated carbocycles. The summed E-state index contributed by atoms with van der Waals surface area (Å²) in [7, 11) is 0. The Morgan fingerprint density at radius 2 is 2.15 bits per heavy atom. The molecule has 0 fully saturated rings. The molecule has 0 bridgehead atoms. The standard InChI is InChI=1S/C8H14O5/c1-6(11)8(13,3-2-4-9)7(12)5-10/h4,6,10-11,13H,2-3,5H2,1H3/t6-,8-/m0/s1. The summed E-state index contributed by atoms with van der Waals surface area (Å²) in [5, 5.41) is 27.2. The van der Waals surface area contributed by atoms with E-state index in [4.69, 9.17) is 10.2 Å². The van der Waals surface area contributed by atoms with Crippen LogP contribution in [-0.4, -0.2) is 45.7 Å².